The van der Waals surface area contributed by atoms with E-state index in [1.807, 2.05) is 0 Å². The smallest absolute Gasteiger partial charge is 0.297 e. The lowest BCUT2D eigenvalue weighted by molar-refractivity contribution is 0.225. The lowest BCUT2D eigenvalue weighted by Gasteiger charge is -2.15. The maximum Gasteiger partial charge on any atom is 0.297 e. The van der Waals surface area contributed by atoms with Crippen molar-refractivity contribution in [2.45, 2.75) is 18.0 Å². The molecule has 0 aliphatic carbocycles. The minimum absolute atomic E-state index is 0.00358. The van der Waals surface area contributed by atoms with E-state index >= 15 is 0 Å². The van der Waals surface area contributed by atoms with E-state index in [1.54, 1.807) is 0 Å². The van der Waals surface area contributed by atoms with Crippen LogP contribution in [0.1, 0.15) is 6.42 Å². The van der Waals surface area contributed by atoms with Crippen LogP contribution in [0.2, 0.25) is 0 Å². The fourth-order valence-corrected chi connectivity index (χ4v) is 2.23. The largest absolute Gasteiger partial charge is 0.465 e. The minimum atomic E-state index is -3.71. The maximum atomic E-state index is 11.0. The van der Waals surface area contributed by atoms with Gasteiger partial charge in [0.1, 0.15) is 0 Å². The van der Waals surface area contributed by atoms with Crippen LogP contribution in [-0.2, 0) is 15.6 Å². The molecule has 0 saturated carbocycles. The molecular weight excluding hydrogens is 216 g/mol. The quantitative estimate of drug-likeness (QED) is 0.653. The summed E-state index contributed by atoms with van der Waals surface area (Å²) < 4.78 is 28.6. The number of halogens is 1. The van der Waals surface area contributed by atoms with Gasteiger partial charge in [0.05, 0.1) is 12.8 Å². The van der Waals surface area contributed by atoms with Crippen LogP contribution in [0.3, 0.4) is 0 Å². The van der Waals surface area contributed by atoms with Crippen molar-refractivity contribution in [2.75, 3.05) is 6.61 Å². The molecule has 2 rings (SSSR count). The van der Waals surface area contributed by atoms with Gasteiger partial charge in [0, 0.05) is 17.2 Å². The monoisotopic (exact) mass is 222 g/mol. The molecule has 0 aromatic carbocycles. The highest BCUT2D eigenvalue weighted by Gasteiger charge is 2.22. The van der Waals surface area contributed by atoms with Gasteiger partial charge >= 0.3 is 0 Å². The molecule has 0 bridgehead atoms. The summed E-state index contributed by atoms with van der Waals surface area (Å²) in [6, 6.07) is 0.325. The van der Waals surface area contributed by atoms with E-state index in [0.29, 0.717) is 19.2 Å². The van der Waals surface area contributed by atoms with Gasteiger partial charge in [-0.1, -0.05) is 0 Å². The van der Waals surface area contributed by atoms with Crippen LogP contribution < -0.4 is 4.74 Å². The normalized spacial score (nSPS) is 16.4. The van der Waals surface area contributed by atoms with Crippen LogP contribution in [0.25, 0.3) is 0 Å². The summed E-state index contributed by atoms with van der Waals surface area (Å²) >= 11 is 0. The molecule has 0 N–H and O–H groups in total. The zero-order chi connectivity index (χ0) is 9.47. The third kappa shape index (κ3) is 1.51. The Labute approximate surface area is 79.7 Å². The van der Waals surface area contributed by atoms with E-state index in [4.69, 9.17) is 15.4 Å². The van der Waals surface area contributed by atoms with Crippen molar-refractivity contribution in [3.8, 4) is 6.01 Å². The summed E-state index contributed by atoms with van der Waals surface area (Å²) in [5, 5.41) is 0.00358. The zero-order valence-corrected chi connectivity index (χ0v) is 8.18. The molecule has 1 aromatic rings. The summed E-state index contributed by atoms with van der Waals surface area (Å²) in [6.07, 6.45) is 1.98. The van der Waals surface area contributed by atoms with Crippen molar-refractivity contribution in [1.82, 2.24) is 9.55 Å². The Kier molecular flexibility index (Phi) is 1.96. The predicted octanol–water partition coefficient (Wildman–Crippen LogP) is 0.593. The van der Waals surface area contributed by atoms with E-state index in [1.165, 1.54) is 10.8 Å². The Morgan fingerprint density at radius 3 is 3.08 bits per heavy atom. The highest BCUT2D eigenvalue weighted by atomic mass is 35.7. The van der Waals surface area contributed by atoms with Gasteiger partial charge in [-0.05, 0) is 6.42 Å². The third-order valence-electron chi connectivity index (χ3n) is 1.79. The average molecular weight is 223 g/mol. The van der Waals surface area contributed by atoms with Gasteiger partial charge in [0.25, 0.3) is 15.1 Å². The Morgan fingerprint density at radius 1 is 1.62 bits per heavy atom. The number of aromatic nitrogens is 2. The maximum absolute atomic E-state index is 11.0. The first-order chi connectivity index (χ1) is 6.09. The molecule has 7 heteroatoms. The molecule has 5 nitrogen and oxygen atoms in total. The van der Waals surface area contributed by atoms with E-state index < -0.39 is 9.05 Å². The number of nitrogens with zero attached hydrogens (tertiary/aromatic N) is 2. The van der Waals surface area contributed by atoms with Crippen molar-refractivity contribution in [1.29, 1.82) is 0 Å². The average Bonchev–Trinajstić information content (AvgIpc) is 2.45. The number of hydrogen-bond donors (Lipinski definition) is 0. The molecule has 1 aromatic heterocycles. The summed E-state index contributed by atoms with van der Waals surface area (Å²) in [5.41, 5.74) is 0. The van der Waals surface area contributed by atoms with Crippen LogP contribution >= 0.6 is 10.7 Å². The first-order valence-corrected chi connectivity index (χ1v) is 6.03. The minimum Gasteiger partial charge on any atom is -0.465 e. The third-order valence-corrected chi connectivity index (χ3v) is 3.09. The summed E-state index contributed by atoms with van der Waals surface area (Å²) in [7, 11) is 1.48. The zero-order valence-electron chi connectivity index (χ0n) is 6.60. The molecule has 0 atom stereocenters. The van der Waals surface area contributed by atoms with Crippen LogP contribution in [0.4, 0.5) is 0 Å². The highest BCUT2D eigenvalue weighted by molar-refractivity contribution is 8.13. The van der Waals surface area contributed by atoms with Gasteiger partial charge < -0.3 is 4.74 Å². The molecule has 0 amide bonds. The van der Waals surface area contributed by atoms with Gasteiger partial charge in [-0.2, -0.15) is 0 Å². The predicted molar refractivity (Wildman–Crippen MR) is 45.4 cm³/mol. The first-order valence-electron chi connectivity index (χ1n) is 3.72. The Bertz CT molecular complexity index is 425. The lowest BCUT2D eigenvalue weighted by atomic mass is 10.4. The molecule has 0 spiro atoms. The number of imidazole rings is 1. The van der Waals surface area contributed by atoms with E-state index in [-0.39, 0.29) is 5.03 Å². The Morgan fingerprint density at radius 2 is 2.38 bits per heavy atom. The molecule has 72 valence electrons. The van der Waals surface area contributed by atoms with Gasteiger partial charge in [0.15, 0.2) is 5.03 Å². The summed E-state index contributed by atoms with van der Waals surface area (Å²) in [6.45, 7) is 1.15. The first kappa shape index (κ1) is 8.83. The van der Waals surface area contributed by atoms with E-state index in [9.17, 15) is 8.42 Å². The number of rotatable bonds is 1. The highest BCUT2D eigenvalue weighted by Crippen LogP contribution is 2.23. The van der Waals surface area contributed by atoms with Crippen LogP contribution in [0, 0.1) is 0 Å². The van der Waals surface area contributed by atoms with E-state index in [2.05, 4.69) is 4.98 Å². The van der Waals surface area contributed by atoms with Crippen molar-refractivity contribution >= 4 is 19.7 Å². The fraction of sp³-hybridized carbons (Fsp3) is 0.500. The van der Waals surface area contributed by atoms with Crippen LogP contribution in [0.5, 0.6) is 6.01 Å². The number of hydrogen-bond acceptors (Lipinski definition) is 4. The molecule has 1 aliphatic heterocycles. The Balaban J connectivity index is 2.55. The second-order valence-corrected chi connectivity index (χ2v) is 5.18. The van der Waals surface area contributed by atoms with Crippen molar-refractivity contribution < 1.29 is 13.2 Å². The molecule has 2 heterocycles. The van der Waals surface area contributed by atoms with Gasteiger partial charge in [-0.25, -0.2) is 13.4 Å². The number of fused-ring (bicyclic) bond motifs is 1. The summed E-state index contributed by atoms with van der Waals surface area (Å²) in [4.78, 5) is 3.80. The second kappa shape index (κ2) is 2.88. The molecule has 0 unspecified atom stereocenters. The van der Waals surface area contributed by atoms with Crippen LogP contribution in [-0.4, -0.2) is 24.6 Å². The van der Waals surface area contributed by atoms with Crippen molar-refractivity contribution in [3.05, 3.63) is 6.20 Å². The standard InChI is InChI=1S/C6H7ClN2O3S/c7-13(10,11)5-4-8-6-9(5)2-1-3-12-6/h4H,1-3H2. The van der Waals surface area contributed by atoms with Gasteiger partial charge in [-0.15, -0.1) is 0 Å². The molecule has 13 heavy (non-hydrogen) atoms. The van der Waals surface area contributed by atoms with Crippen LogP contribution in [0.15, 0.2) is 11.2 Å². The Hall–Kier alpha value is -0.750. The van der Waals surface area contributed by atoms with Gasteiger partial charge in [0.2, 0.25) is 0 Å². The molecule has 0 fully saturated rings. The van der Waals surface area contributed by atoms with Crippen molar-refractivity contribution in [3.63, 3.8) is 0 Å². The lowest BCUT2D eigenvalue weighted by Crippen LogP contribution is -2.16. The molecule has 0 radical (unpaired) electrons. The molecular formula is C6H7ClN2O3S. The van der Waals surface area contributed by atoms with Crippen molar-refractivity contribution in [2.24, 2.45) is 0 Å². The van der Waals surface area contributed by atoms with Gasteiger partial charge in [-0.3, -0.25) is 4.57 Å². The second-order valence-electron chi connectivity index (χ2n) is 2.67. The SMILES string of the molecule is O=S(=O)(Cl)c1cnc2n1CCCO2. The number of ether oxygens (including phenoxy) is 1. The fourth-order valence-electron chi connectivity index (χ4n) is 1.25. The summed E-state index contributed by atoms with van der Waals surface area (Å²) in [5.74, 6) is 0. The topological polar surface area (TPSA) is 61.2 Å². The molecule has 1 aliphatic rings. The van der Waals surface area contributed by atoms with E-state index in [0.717, 1.165) is 6.42 Å². The molecule has 0 saturated heterocycles.